The summed E-state index contributed by atoms with van der Waals surface area (Å²) in [5.74, 6) is -0.669. The van der Waals surface area contributed by atoms with Gasteiger partial charge in [-0.2, -0.15) is 5.10 Å². The van der Waals surface area contributed by atoms with Crippen LogP contribution in [0.3, 0.4) is 0 Å². The van der Waals surface area contributed by atoms with Crippen molar-refractivity contribution in [2.24, 2.45) is 5.73 Å². The second-order valence-electron chi connectivity index (χ2n) is 3.58. The molecule has 2 rings (SSSR count). The minimum absolute atomic E-state index is 0.219. The van der Waals surface area contributed by atoms with Gasteiger partial charge in [-0.1, -0.05) is 11.6 Å². The largest absolute Gasteiger partial charge is 0.384 e. The highest BCUT2D eigenvalue weighted by molar-refractivity contribution is 6.31. The van der Waals surface area contributed by atoms with Crippen LogP contribution in [0.25, 0.3) is 5.69 Å². The Morgan fingerprint density at radius 2 is 2.24 bits per heavy atom. The van der Waals surface area contributed by atoms with Crippen molar-refractivity contribution < 1.29 is 4.39 Å². The average Bonchev–Trinajstić information content (AvgIpc) is 2.59. The second-order valence-corrected chi connectivity index (χ2v) is 3.99. The molecule has 1 aromatic carbocycles. The number of nitrogens with zero attached hydrogens (tertiary/aromatic N) is 2. The van der Waals surface area contributed by atoms with Gasteiger partial charge in [0.15, 0.2) is 0 Å². The van der Waals surface area contributed by atoms with Crippen LogP contribution in [0, 0.1) is 18.2 Å². The Labute approximate surface area is 102 Å². The van der Waals surface area contributed by atoms with Crippen LogP contribution >= 0.6 is 11.6 Å². The lowest BCUT2D eigenvalue weighted by molar-refractivity contribution is 0.626. The SMILES string of the molecule is Cc1nn(-c2ccc(F)cc2C(=N)N)cc1Cl. The average molecular weight is 253 g/mol. The fraction of sp³-hybridized carbons (Fsp3) is 0.0909. The molecule has 0 saturated heterocycles. The van der Waals surface area contributed by atoms with Crippen LogP contribution in [-0.2, 0) is 0 Å². The van der Waals surface area contributed by atoms with Crippen molar-refractivity contribution in [1.29, 1.82) is 5.41 Å². The lowest BCUT2D eigenvalue weighted by Gasteiger charge is -2.08. The van der Waals surface area contributed by atoms with E-state index in [4.69, 9.17) is 22.7 Å². The summed E-state index contributed by atoms with van der Waals surface area (Å²) in [4.78, 5) is 0. The molecule has 0 saturated carbocycles. The van der Waals surface area contributed by atoms with E-state index in [9.17, 15) is 4.39 Å². The molecule has 2 aromatic rings. The molecule has 0 aliphatic heterocycles. The van der Waals surface area contributed by atoms with Crippen LogP contribution in [0.15, 0.2) is 24.4 Å². The van der Waals surface area contributed by atoms with Crippen molar-refractivity contribution in [1.82, 2.24) is 9.78 Å². The number of nitrogen functional groups attached to an aromatic ring is 1. The molecule has 0 aliphatic rings. The van der Waals surface area contributed by atoms with Crippen molar-refractivity contribution in [2.75, 3.05) is 0 Å². The Kier molecular flexibility index (Phi) is 2.85. The first kappa shape index (κ1) is 11.6. The van der Waals surface area contributed by atoms with E-state index in [2.05, 4.69) is 5.10 Å². The molecule has 0 bridgehead atoms. The summed E-state index contributed by atoms with van der Waals surface area (Å²) in [7, 11) is 0. The van der Waals surface area contributed by atoms with Gasteiger partial charge >= 0.3 is 0 Å². The summed E-state index contributed by atoms with van der Waals surface area (Å²) in [5.41, 5.74) is 6.87. The van der Waals surface area contributed by atoms with Gasteiger partial charge in [-0.15, -0.1) is 0 Å². The Bertz CT molecular complexity index is 572. The highest BCUT2D eigenvalue weighted by Gasteiger charge is 2.11. The van der Waals surface area contributed by atoms with Gasteiger partial charge in [0.05, 0.1) is 16.4 Å². The van der Waals surface area contributed by atoms with E-state index < -0.39 is 5.82 Å². The van der Waals surface area contributed by atoms with Crippen LogP contribution in [0.5, 0.6) is 0 Å². The summed E-state index contributed by atoms with van der Waals surface area (Å²) in [6.07, 6.45) is 1.59. The standard InChI is InChI=1S/C11H10ClFN4/c1-6-9(12)5-17(16-6)10-3-2-7(13)4-8(10)11(14)15/h2-5H,1H3,(H3,14,15). The van der Waals surface area contributed by atoms with Crippen molar-refractivity contribution in [3.63, 3.8) is 0 Å². The van der Waals surface area contributed by atoms with E-state index in [-0.39, 0.29) is 11.4 Å². The van der Waals surface area contributed by atoms with E-state index >= 15 is 0 Å². The minimum atomic E-state index is -0.450. The molecule has 0 fully saturated rings. The van der Waals surface area contributed by atoms with Crippen molar-refractivity contribution in [3.05, 3.63) is 46.5 Å². The number of aromatic nitrogens is 2. The lowest BCUT2D eigenvalue weighted by atomic mass is 10.1. The van der Waals surface area contributed by atoms with Crippen molar-refractivity contribution in [3.8, 4) is 5.69 Å². The fourth-order valence-corrected chi connectivity index (χ4v) is 1.62. The van der Waals surface area contributed by atoms with Gasteiger partial charge in [0.2, 0.25) is 0 Å². The first-order valence-corrected chi connectivity index (χ1v) is 5.23. The van der Waals surface area contributed by atoms with Crippen LogP contribution < -0.4 is 5.73 Å². The zero-order chi connectivity index (χ0) is 12.6. The number of amidine groups is 1. The topological polar surface area (TPSA) is 67.7 Å². The Morgan fingerprint density at radius 3 is 2.76 bits per heavy atom. The normalized spacial score (nSPS) is 10.5. The predicted molar refractivity (Wildman–Crippen MR) is 64.3 cm³/mol. The molecule has 4 nitrogen and oxygen atoms in total. The number of hydrogen-bond acceptors (Lipinski definition) is 2. The summed E-state index contributed by atoms with van der Waals surface area (Å²) in [5, 5.41) is 12.1. The molecule has 17 heavy (non-hydrogen) atoms. The van der Waals surface area contributed by atoms with E-state index in [0.717, 1.165) is 0 Å². The number of rotatable bonds is 2. The van der Waals surface area contributed by atoms with E-state index in [1.165, 1.54) is 22.9 Å². The molecule has 0 radical (unpaired) electrons. The third-order valence-corrected chi connectivity index (χ3v) is 2.71. The Hall–Kier alpha value is -1.88. The molecule has 1 heterocycles. The first-order chi connectivity index (χ1) is 7.99. The number of nitrogens with two attached hydrogens (primary N) is 1. The molecular formula is C11H10ClFN4. The fourth-order valence-electron chi connectivity index (χ4n) is 1.49. The third kappa shape index (κ3) is 2.14. The summed E-state index contributed by atoms with van der Waals surface area (Å²) in [6, 6.07) is 3.99. The number of benzene rings is 1. The Morgan fingerprint density at radius 1 is 1.53 bits per heavy atom. The zero-order valence-corrected chi connectivity index (χ0v) is 9.79. The summed E-state index contributed by atoms with van der Waals surface area (Å²) >= 11 is 5.90. The molecule has 6 heteroatoms. The Balaban J connectivity index is 2.62. The first-order valence-electron chi connectivity index (χ1n) is 4.85. The highest BCUT2D eigenvalue weighted by Crippen LogP contribution is 2.19. The number of hydrogen-bond donors (Lipinski definition) is 2. The molecule has 0 unspecified atom stereocenters. The monoisotopic (exact) mass is 252 g/mol. The van der Waals surface area contributed by atoms with Gasteiger partial charge < -0.3 is 5.73 Å². The van der Waals surface area contributed by atoms with E-state index in [0.29, 0.717) is 16.4 Å². The van der Waals surface area contributed by atoms with E-state index in [1.54, 1.807) is 13.1 Å². The van der Waals surface area contributed by atoms with Crippen LogP contribution in [0.1, 0.15) is 11.3 Å². The zero-order valence-electron chi connectivity index (χ0n) is 9.04. The lowest BCUT2D eigenvalue weighted by Crippen LogP contribution is -2.15. The summed E-state index contributed by atoms with van der Waals surface area (Å²) in [6.45, 7) is 1.76. The molecule has 0 atom stereocenters. The number of nitrogens with one attached hydrogen (secondary N) is 1. The molecule has 3 N–H and O–H groups in total. The minimum Gasteiger partial charge on any atom is -0.384 e. The third-order valence-electron chi connectivity index (χ3n) is 2.33. The molecule has 0 amide bonds. The maximum Gasteiger partial charge on any atom is 0.125 e. The molecule has 88 valence electrons. The quantitative estimate of drug-likeness (QED) is 0.636. The maximum absolute atomic E-state index is 13.1. The molecule has 0 spiro atoms. The molecule has 1 aromatic heterocycles. The smallest absolute Gasteiger partial charge is 0.125 e. The van der Waals surface area contributed by atoms with Gasteiger partial charge in [-0.05, 0) is 25.1 Å². The van der Waals surface area contributed by atoms with Crippen LogP contribution in [0.4, 0.5) is 4.39 Å². The van der Waals surface area contributed by atoms with Crippen molar-refractivity contribution >= 4 is 17.4 Å². The predicted octanol–water partition coefficient (Wildman–Crippen LogP) is 2.26. The molecular weight excluding hydrogens is 243 g/mol. The van der Waals surface area contributed by atoms with Gasteiger partial charge in [-0.25, -0.2) is 9.07 Å². The molecule has 0 aliphatic carbocycles. The van der Waals surface area contributed by atoms with Gasteiger partial charge in [0.25, 0.3) is 0 Å². The van der Waals surface area contributed by atoms with Crippen molar-refractivity contribution in [2.45, 2.75) is 6.92 Å². The van der Waals surface area contributed by atoms with Crippen LogP contribution in [0.2, 0.25) is 5.02 Å². The second kappa shape index (κ2) is 4.18. The van der Waals surface area contributed by atoms with Gasteiger partial charge in [0, 0.05) is 11.8 Å². The van der Waals surface area contributed by atoms with Crippen LogP contribution in [-0.4, -0.2) is 15.6 Å². The highest BCUT2D eigenvalue weighted by atomic mass is 35.5. The number of halogens is 2. The van der Waals surface area contributed by atoms with E-state index in [1.807, 2.05) is 0 Å². The van der Waals surface area contributed by atoms with Gasteiger partial charge in [0.1, 0.15) is 11.7 Å². The van der Waals surface area contributed by atoms with Gasteiger partial charge in [-0.3, -0.25) is 5.41 Å². The number of aryl methyl sites for hydroxylation is 1. The summed E-state index contributed by atoms with van der Waals surface area (Å²) < 4.78 is 14.6. The maximum atomic E-state index is 13.1.